The molecule has 0 bridgehead atoms. The van der Waals surface area contributed by atoms with E-state index in [1.165, 1.54) is 4.90 Å². The van der Waals surface area contributed by atoms with Gasteiger partial charge in [0.2, 0.25) is 0 Å². The molecule has 12 heteroatoms. The van der Waals surface area contributed by atoms with Gasteiger partial charge in [0.25, 0.3) is 5.91 Å². The first-order valence-electron chi connectivity index (χ1n) is 19.7. The molecule has 0 spiro atoms. The molecule has 2 amide bonds. The molecule has 0 aliphatic heterocycles. The lowest BCUT2D eigenvalue weighted by atomic mass is 9.66. The lowest BCUT2D eigenvalue weighted by Crippen LogP contribution is -2.43. The summed E-state index contributed by atoms with van der Waals surface area (Å²) in [6.07, 6.45) is 7.95. The zero-order valence-corrected chi connectivity index (χ0v) is 33.2. The van der Waals surface area contributed by atoms with Gasteiger partial charge in [-0.1, -0.05) is 46.1 Å². The van der Waals surface area contributed by atoms with Gasteiger partial charge in [0.1, 0.15) is 17.5 Å². The quantitative estimate of drug-likeness (QED) is 0.0497. The Morgan fingerprint density at radius 3 is 2.49 bits per heavy atom. The number of aryl methyl sites for hydroxylation is 1. The normalized spacial score (nSPS) is 18.6. The molecule has 0 saturated heterocycles. The minimum atomic E-state index is -0.668. The number of carbonyl (C=O) groups is 3. The molecule has 1 fully saturated rings. The number of benzene rings is 2. The second kappa shape index (κ2) is 18.9. The SMILES string of the molecule is CCCCCCOC(=O)N=C(N)c1ccc(NC2(C)CCC(C(C)C)C(c3nc4cc(C(=O)N(CCC(=O)OCC)c5ccccn5)ccc4n3C)C2)cc1. The number of amidine groups is 1. The number of aliphatic imine (C=N–C) groups is 1. The summed E-state index contributed by atoms with van der Waals surface area (Å²) in [5, 5.41) is 3.80. The maximum Gasteiger partial charge on any atom is 0.435 e. The van der Waals surface area contributed by atoms with Crippen molar-refractivity contribution in [1.29, 1.82) is 0 Å². The molecule has 2 heterocycles. The third kappa shape index (κ3) is 10.5. The minimum Gasteiger partial charge on any atom is -0.466 e. The van der Waals surface area contributed by atoms with E-state index in [2.05, 4.69) is 54.6 Å². The number of aromatic nitrogens is 3. The van der Waals surface area contributed by atoms with Crippen LogP contribution in [-0.4, -0.2) is 63.6 Å². The van der Waals surface area contributed by atoms with Crippen molar-refractivity contribution in [3.05, 3.63) is 83.8 Å². The smallest absolute Gasteiger partial charge is 0.435 e. The van der Waals surface area contributed by atoms with Crippen molar-refractivity contribution in [1.82, 2.24) is 14.5 Å². The summed E-state index contributed by atoms with van der Waals surface area (Å²) >= 11 is 0. The van der Waals surface area contributed by atoms with Crippen LogP contribution in [0.15, 0.2) is 71.9 Å². The number of pyridine rings is 1. The maximum absolute atomic E-state index is 14.0. The van der Waals surface area contributed by atoms with Gasteiger partial charge in [-0.15, -0.1) is 0 Å². The van der Waals surface area contributed by atoms with E-state index in [9.17, 15) is 14.4 Å². The number of unbranched alkanes of at least 4 members (excludes halogenated alkanes) is 3. The Kier molecular flexibility index (Phi) is 14.0. The van der Waals surface area contributed by atoms with Gasteiger partial charge in [0.05, 0.1) is 30.7 Å². The summed E-state index contributed by atoms with van der Waals surface area (Å²) < 4.78 is 12.5. The number of nitrogens with one attached hydrogen (secondary N) is 1. The Morgan fingerprint density at radius 1 is 1.04 bits per heavy atom. The van der Waals surface area contributed by atoms with E-state index in [4.69, 9.17) is 20.2 Å². The topological polar surface area (TPSA) is 154 Å². The highest BCUT2D eigenvalue weighted by Gasteiger charge is 2.41. The lowest BCUT2D eigenvalue weighted by molar-refractivity contribution is -0.142. The zero-order valence-electron chi connectivity index (χ0n) is 33.2. The van der Waals surface area contributed by atoms with E-state index in [0.717, 1.165) is 67.5 Å². The van der Waals surface area contributed by atoms with Crippen LogP contribution >= 0.6 is 0 Å². The van der Waals surface area contributed by atoms with E-state index < -0.39 is 6.09 Å². The van der Waals surface area contributed by atoms with Crippen LogP contribution in [0.3, 0.4) is 0 Å². The molecule has 5 rings (SSSR count). The molecule has 294 valence electrons. The zero-order chi connectivity index (χ0) is 39.5. The van der Waals surface area contributed by atoms with Gasteiger partial charge >= 0.3 is 12.1 Å². The predicted octanol–water partition coefficient (Wildman–Crippen LogP) is 8.40. The third-order valence-electron chi connectivity index (χ3n) is 10.6. The second-order valence-corrected chi connectivity index (χ2v) is 15.1. The highest BCUT2D eigenvalue weighted by atomic mass is 16.5. The minimum absolute atomic E-state index is 0.0550. The fraction of sp³-hybridized carbons (Fsp3) is 0.488. The van der Waals surface area contributed by atoms with Crippen LogP contribution in [0.4, 0.5) is 16.3 Å². The second-order valence-electron chi connectivity index (χ2n) is 15.1. The monoisotopic (exact) mass is 751 g/mol. The van der Waals surface area contributed by atoms with Crippen LogP contribution in [0.25, 0.3) is 11.0 Å². The van der Waals surface area contributed by atoms with Gasteiger partial charge in [0.15, 0.2) is 0 Å². The van der Waals surface area contributed by atoms with Crippen LogP contribution in [0.5, 0.6) is 0 Å². The van der Waals surface area contributed by atoms with E-state index in [-0.39, 0.29) is 48.7 Å². The van der Waals surface area contributed by atoms with Gasteiger partial charge in [-0.25, -0.2) is 14.8 Å². The van der Waals surface area contributed by atoms with Gasteiger partial charge in [0, 0.05) is 48.1 Å². The summed E-state index contributed by atoms with van der Waals surface area (Å²) in [5.74, 6) is 1.98. The van der Waals surface area contributed by atoms with Gasteiger partial charge in [-0.3, -0.25) is 14.5 Å². The maximum atomic E-state index is 14.0. The molecule has 3 N–H and O–H groups in total. The van der Waals surface area contributed by atoms with E-state index in [1.807, 2.05) is 48.5 Å². The Bertz CT molecular complexity index is 1940. The first kappa shape index (κ1) is 40.9. The first-order valence-corrected chi connectivity index (χ1v) is 19.7. The molecule has 4 aromatic rings. The van der Waals surface area contributed by atoms with Crippen molar-refractivity contribution in [3.63, 3.8) is 0 Å². The van der Waals surface area contributed by atoms with Crippen LogP contribution in [-0.2, 0) is 21.3 Å². The molecular weight excluding hydrogens is 695 g/mol. The standard InChI is InChI=1S/C43H57N7O5/c1-7-9-10-13-26-55-42(53)47-39(44)30-15-18-32(19-16-30)48-43(5)23-21-33(29(3)4)34(28-43)40-46-35-27-31(17-20-36(35)49(40)6)41(52)50(25-22-38(51)54-8-2)37-14-11-12-24-45-37/h11-12,14-20,24,27,29,33-34,48H,7-10,13,21-23,25-26,28H2,1-6H3,(H2,44,47,53). The van der Waals surface area contributed by atoms with Crippen molar-refractivity contribution in [2.45, 2.75) is 97.4 Å². The van der Waals surface area contributed by atoms with Crippen LogP contribution in [0.2, 0.25) is 0 Å². The number of esters is 1. The average molecular weight is 752 g/mol. The Hall–Kier alpha value is -5.26. The van der Waals surface area contributed by atoms with E-state index in [1.54, 1.807) is 25.3 Å². The number of nitrogens with two attached hydrogens (primary N) is 1. The molecule has 1 aliphatic rings. The van der Waals surface area contributed by atoms with Crippen LogP contribution < -0.4 is 16.0 Å². The molecular formula is C43H57N7O5. The van der Waals surface area contributed by atoms with Gasteiger partial charge < -0.3 is 25.1 Å². The number of amides is 2. The van der Waals surface area contributed by atoms with Crippen molar-refractivity contribution < 1.29 is 23.9 Å². The fourth-order valence-electron chi connectivity index (χ4n) is 7.68. The summed E-state index contributed by atoms with van der Waals surface area (Å²) in [6, 6.07) is 18.7. The van der Waals surface area contributed by atoms with Crippen LogP contribution in [0.1, 0.15) is 114 Å². The molecule has 12 nitrogen and oxygen atoms in total. The largest absolute Gasteiger partial charge is 0.466 e. The summed E-state index contributed by atoms with van der Waals surface area (Å²) in [7, 11) is 2.05. The van der Waals surface area contributed by atoms with Crippen molar-refractivity contribution >= 4 is 46.3 Å². The Labute approximate surface area is 324 Å². The highest BCUT2D eigenvalue weighted by molar-refractivity contribution is 6.07. The Morgan fingerprint density at radius 2 is 1.80 bits per heavy atom. The Balaban J connectivity index is 1.33. The van der Waals surface area contributed by atoms with Gasteiger partial charge in [-0.05, 0) is 106 Å². The van der Waals surface area contributed by atoms with Crippen LogP contribution in [0, 0.1) is 11.8 Å². The number of carbonyl (C=O) groups excluding carboxylic acids is 3. The summed E-state index contributed by atoms with van der Waals surface area (Å²) in [4.78, 5) is 53.5. The number of ether oxygens (including phenoxy) is 2. The molecule has 0 radical (unpaired) electrons. The molecule has 2 aromatic carbocycles. The number of imidazole rings is 1. The number of nitrogens with zero attached hydrogens (tertiary/aromatic N) is 5. The molecule has 1 aliphatic carbocycles. The molecule has 1 saturated carbocycles. The predicted molar refractivity (Wildman–Crippen MR) is 217 cm³/mol. The first-order chi connectivity index (χ1) is 26.4. The van der Waals surface area contributed by atoms with E-state index >= 15 is 0 Å². The number of rotatable bonds is 16. The molecule has 2 aromatic heterocycles. The fourth-order valence-corrected chi connectivity index (χ4v) is 7.68. The number of fused-ring (bicyclic) bond motifs is 1. The van der Waals surface area contributed by atoms with Crippen molar-refractivity contribution in [2.75, 3.05) is 30.0 Å². The number of anilines is 2. The molecule has 55 heavy (non-hydrogen) atoms. The molecule has 3 unspecified atom stereocenters. The molecule has 3 atom stereocenters. The summed E-state index contributed by atoms with van der Waals surface area (Å²) in [6.45, 7) is 11.5. The van der Waals surface area contributed by atoms with Crippen molar-refractivity contribution in [3.8, 4) is 0 Å². The number of hydrogen-bond acceptors (Lipinski definition) is 8. The van der Waals surface area contributed by atoms with E-state index in [0.29, 0.717) is 35.4 Å². The van der Waals surface area contributed by atoms with Crippen molar-refractivity contribution in [2.24, 2.45) is 29.6 Å². The lowest BCUT2D eigenvalue weighted by Gasteiger charge is -2.45. The third-order valence-corrected chi connectivity index (χ3v) is 10.6. The highest BCUT2D eigenvalue weighted by Crippen LogP contribution is 2.47. The van der Waals surface area contributed by atoms with Gasteiger partial charge in [-0.2, -0.15) is 4.99 Å². The summed E-state index contributed by atoms with van der Waals surface area (Å²) in [5.41, 5.74) is 9.70. The number of hydrogen-bond donors (Lipinski definition) is 2. The average Bonchev–Trinajstić information content (AvgIpc) is 3.50.